The van der Waals surface area contributed by atoms with Crippen LogP contribution in [0.25, 0.3) is 0 Å². The van der Waals surface area contributed by atoms with Crippen molar-refractivity contribution in [2.24, 2.45) is 5.73 Å². The summed E-state index contributed by atoms with van der Waals surface area (Å²) in [6.07, 6.45) is 2.19. The van der Waals surface area contributed by atoms with Gasteiger partial charge in [0.05, 0.1) is 20.8 Å². The first-order valence-electron chi connectivity index (χ1n) is 6.74. The molecule has 4 heteroatoms. The number of rotatable bonds is 6. The fraction of sp³-hybridized carbons (Fsp3) is 0.600. The summed E-state index contributed by atoms with van der Waals surface area (Å²) < 4.78 is 16.5. The zero-order valence-electron chi connectivity index (χ0n) is 12.2. The van der Waals surface area contributed by atoms with E-state index in [4.69, 9.17) is 19.9 Å². The Morgan fingerprint density at radius 2 is 1.79 bits per heavy atom. The van der Waals surface area contributed by atoms with Gasteiger partial charge >= 0.3 is 0 Å². The van der Waals surface area contributed by atoms with Crippen LogP contribution in [-0.2, 0) is 5.41 Å². The maximum atomic E-state index is 6.16. The molecule has 19 heavy (non-hydrogen) atoms. The number of benzene rings is 1. The number of hydrogen-bond donors (Lipinski definition) is 1. The van der Waals surface area contributed by atoms with Gasteiger partial charge in [0, 0.05) is 23.1 Å². The van der Waals surface area contributed by atoms with E-state index in [0.29, 0.717) is 12.4 Å². The minimum Gasteiger partial charge on any atom is -0.496 e. The lowest BCUT2D eigenvalue weighted by molar-refractivity contribution is 0.306. The van der Waals surface area contributed by atoms with Crippen LogP contribution in [0.5, 0.6) is 17.2 Å². The smallest absolute Gasteiger partial charge is 0.164 e. The maximum Gasteiger partial charge on any atom is 0.164 e. The summed E-state index contributed by atoms with van der Waals surface area (Å²) >= 11 is 0. The number of ether oxygens (including phenoxy) is 3. The molecule has 1 saturated carbocycles. The zero-order chi connectivity index (χ0) is 14.0. The predicted molar refractivity (Wildman–Crippen MR) is 75.3 cm³/mol. The molecule has 1 fully saturated rings. The molecule has 1 aliphatic carbocycles. The topological polar surface area (TPSA) is 53.7 Å². The van der Waals surface area contributed by atoms with E-state index in [1.807, 2.05) is 19.1 Å². The Morgan fingerprint density at radius 1 is 1.16 bits per heavy atom. The molecule has 4 nitrogen and oxygen atoms in total. The summed E-state index contributed by atoms with van der Waals surface area (Å²) in [5.74, 6) is 2.28. The monoisotopic (exact) mass is 265 g/mol. The van der Waals surface area contributed by atoms with Crippen molar-refractivity contribution in [2.75, 3.05) is 20.8 Å². The lowest BCUT2D eigenvalue weighted by atomic mass is 9.88. The highest BCUT2D eigenvalue weighted by Crippen LogP contribution is 2.55. The third kappa shape index (κ3) is 2.37. The molecule has 0 amide bonds. The molecule has 0 saturated heterocycles. The van der Waals surface area contributed by atoms with E-state index < -0.39 is 0 Å². The van der Waals surface area contributed by atoms with Crippen molar-refractivity contribution in [1.29, 1.82) is 0 Å². The van der Waals surface area contributed by atoms with Gasteiger partial charge in [-0.3, -0.25) is 0 Å². The Morgan fingerprint density at radius 3 is 2.21 bits per heavy atom. The Balaban J connectivity index is 2.50. The van der Waals surface area contributed by atoms with E-state index in [0.717, 1.165) is 29.9 Å². The number of methoxy groups -OCH3 is 2. The minimum atomic E-state index is 0.0312. The third-order valence-electron chi connectivity index (χ3n) is 3.98. The number of nitrogens with two attached hydrogens (primary N) is 1. The Hall–Kier alpha value is -1.42. The normalized spacial score (nSPS) is 17.7. The lowest BCUT2D eigenvalue weighted by Gasteiger charge is -2.24. The summed E-state index contributed by atoms with van der Waals surface area (Å²) in [5, 5.41) is 0. The SMILES string of the molecule is CCOc1cc(C2(C(C)N)CC2)c(OC)cc1OC. The van der Waals surface area contributed by atoms with Gasteiger partial charge in [0.2, 0.25) is 0 Å². The van der Waals surface area contributed by atoms with Crippen molar-refractivity contribution < 1.29 is 14.2 Å². The molecule has 0 aliphatic heterocycles. The minimum absolute atomic E-state index is 0.0312. The molecular weight excluding hydrogens is 242 g/mol. The van der Waals surface area contributed by atoms with Gasteiger partial charge in [-0.2, -0.15) is 0 Å². The fourth-order valence-electron chi connectivity index (χ4n) is 2.63. The van der Waals surface area contributed by atoms with E-state index in [-0.39, 0.29) is 11.5 Å². The second kappa shape index (κ2) is 5.29. The van der Waals surface area contributed by atoms with E-state index in [2.05, 4.69) is 6.92 Å². The molecule has 0 spiro atoms. The second-order valence-corrected chi connectivity index (χ2v) is 5.08. The van der Waals surface area contributed by atoms with Crippen LogP contribution >= 0.6 is 0 Å². The first-order valence-corrected chi connectivity index (χ1v) is 6.74. The molecule has 1 unspecified atom stereocenters. The predicted octanol–water partition coefficient (Wildman–Crippen LogP) is 2.48. The molecule has 2 N–H and O–H groups in total. The summed E-state index contributed by atoms with van der Waals surface area (Å²) in [7, 11) is 3.31. The van der Waals surface area contributed by atoms with E-state index >= 15 is 0 Å². The maximum absolute atomic E-state index is 6.16. The average Bonchev–Trinajstić information content (AvgIpc) is 3.20. The molecule has 1 aliphatic rings. The van der Waals surface area contributed by atoms with Gasteiger partial charge in [-0.25, -0.2) is 0 Å². The van der Waals surface area contributed by atoms with Crippen molar-refractivity contribution >= 4 is 0 Å². The highest BCUT2D eigenvalue weighted by atomic mass is 16.5. The van der Waals surface area contributed by atoms with Gasteiger partial charge in [0.25, 0.3) is 0 Å². The largest absolute Gasteiger partial charge is 0.496 e. The molecule has 2 rings (SSSR count). The zero-order valence-corrected chi connectivity index (χ0v) is 12.2. The van der Waals surface area contributed by atoms with Gasteiger partial charge in [0.1, 0.15) is 5.75 Å². The second-order valence-electron chi connectivity index (χ2n) is 5.08. The highest BCUT2D eigenvalue weighted by Gasteiger charge is 2.49. The summed E-state index contributed by atoms with van der Waals surface area (Å²) in [4.78, 5) is 0. The molecule has 0 heterocycles. The molecule has 0 aromatic heterocycles. The first-order chi connectivity index (χ1) is 9.08. The standard InChI is InChI=1S/C15H23NO3/c1-5-19-14-8-11(15(6-7-15)10(2)16)12(17-3)9-13(14)18-4/h8-10H,5-7,16H2,1-4H3. The van der Waals surface area contributed by atoms with Crippen LogP contribution < -0.4 is 19.9 Å². The Labute approximate surface area is 114 Å². The van der Waals surface area contributed by atoms with Crippen molar-refractivity contribution in [3.05, 3.63) is 17.7 Å². The van der Waals surface area contributed by atoms with Gasteiger partial charge in [-0.15, -0.1) is 0 Å². The average molecular weight is 265 g/mol. The van der Waals surface area contributed by atoms with Crippen LogP contribution in [-0.4, -0.2) is 26.9 Å². The molecule has 106 valence electrons. The van der Waals surface area contributed by atoms with Gasteiger partial charge in [-0.1, -0.05) is 0 Å². The first kappa shape index (κ1) is 14.0. The van der Waals surface area contributed by atoms with Crippen LogP contribution in [0, 0.1) is 0 Å². The summed E-state index contributed by atoms with van der Waals surface area (Å²) in [6, 6.07) is 4.02. The Bertz CT molecular complexity index is 453. The quantitative estimate of drug-likeness (QED) is 0.858. The summed E-state index contributed by atoms with van der Waals surface area (Å²) in [5.41, 5.74) is 7.32. The van der Waals surface area contributed by atoms with Crippen LogP contribution in [0.4, 0.5) is 0 Å². The molecule has 1 aromatic rings. The van der Waals surface area contributed by atoms with Crippen LogP contribution in [0.1, 0.15) is 32.3 Å². The van der Waals surface area contributed by atoms with Crippen molar-refractivity contribution in [3.63, 3.8) is 0 Å². The van der Waals surface area contributed by atoms with Crippen molar-refractivity contribution in [2.45, 2.75) is 38.1 Å². The number of hydrogen-bond acceptors (Lipinski definition) is 4. The van der Waals surface area contributed by atoms with Gasteiger partial charge in [-0.05, 0) is 32.8 Å². The highest BCUT2D eigenvalue weighted by molar-refractivity contribution is 5.55. The summed E-state index contributed by atoms with van der Waals surface area (Å²) in [6.45, 7) is 4.62. The molecule has 0 radical (unpaired) electrons. The molecule has 1 aromatic carbocycles. The van der Waals surface area contributed by atoms with E-state index in [1.54, 1.807) is 14.2 Å². The van der Waals surface area contributed by atoms with Crippen LogP contribution in [0.3, 0.4) is 0 Å². The van der Waals surface area contributed by atoms with E-state index in [1.165, 1.54) is 0 Å². The Kier molecular flexibility index (Phi) is 3.90. The van der Waals surface area contributed by atoms with Crippen LogP contribution in [0.15, 0.2) is 12.1 Å². The van der Waals surface area contributed by atoms with Crippen molar-refractivity contribution in [3.8, 4) is 17.2 Å². The van der Waals surface area contributed by atoms with E-state index in [9.17, 15) is 0 Å². The van der Waals surface area contributed by atoms with Crippen molar-refractivity contribution in [1.82, 2.24) is 0 Å². The lowest BCUT2D eigenvalue weighted by Crippen LogP contribution is -2.32. The van der Waals surface area contributed by atoms with Gasteiger partial charge < -0.3 is 19.9 Å². The van der Waals surface area contributed by atoms with Gasteiger partial charge in [0.15, 0.2) is 11.5 Å². The third-order valence-corrected chi connectivity index (χ3v) is 3.98. The fourth-order valence-corrected chi connectivity index (χ4v) is 2.63. The molecule has 0 bridgehead atoms. The van der Waals surface area contributed by atoms with Crippen LogP contribution in [0.2, 0.25) is 0 Å². The molecular formula is C15H23NO3. The molecule has 1 atom stereocenters.